The number of ether oxygens (including phenoxy) is 1. The van der Waals surface area contributed by atoms with E-state index in [1.807, 2.05) is 0 Å². The maximum absolute atomic E-state index is 11.1. The summed E-state index contributed by atoms with van der Waals surface area (Å²) in [5.74, 6) is 1.08. The summed E-state index contributed by atoms with van der Waals surface area (Å²) < 4.78 is 6.38. The number of aliphatic hydroxyl groups excluding tert-OH is 1. The first-order valence-electron chi connectivity index (χ1n) is 8.08. The minimum absolute atomic E-state index is 0.0168. The highest BCUT2D eigenvalue weighted by Crippen LogP contribution is 2.63. The smallest absolute Gasteiger partial charge is 0.0761 e. The first kappa shape index (κ1) is 13.1. The highest BCUT2D eigenvalue weighted by Gasteiger charge is 2.65. The van der Waals surface area contributed by atoms with Crippen LogP contribution in [0.25, 0.3) is 0 Å². The van der Waals surface area contributed by atoms with E-state index in [0.717, 1.165) is 12.3 Å². The van der Waals surface area contributed by atoms with E-state index >= 15 is 0 Å². The van der Waals surface area contributed by atoms with Gasteiger partial charge >= 0.3 is 0 Å². The topological polar surface area (TPSA) is 29.5 Å². The molecule has 20 heavy (non-hydrogen) atoms. The molecule has 1 heterocycles. The zero-order valence-corrected chi connectivity index (χ0v) is 12.9. The molecule has 2 spiro atoms. The lowest BCUT2D eigenvalue weighted by Crippen LogP contribution is -2.52. The van der Waals surface area contributed by atoms with Crippen LogP contribution in [0.5, 0.6) is 0 Å². The van der Waals surface area contributed by atoms with Crippen LogP contribution in [0.1, 0.15) is 46.5 Å². The van der Waals surface area contributed by atoms with Crippen molar-refractivity contribution in [2.75, 3.05) is 6.61 Å². The molecule has 110 valence electrons. The van der Waals surface area contributed by atoms with Crippen LogP contribution in [0.4, 0.5) is 0 Å². The monoisotopic (exact) mass is 274 g/mol. The Hall–Kier alpha value is -0.600. The number of rotatable bonds is 0. The average molecular weight is 274 g/mol. The zero-order valence-electron chi connectivity index (χ0n) is 12.9. The molecule has 1 aliphatic heterocycles. The molecule has 0 amide bonds. The average Bonchev–Trinajstić information content (AvgIpc) is 2.92. The molecule has 1 N–H and O–H groups in total. The van der Waals surface area contributed by atoms with Crippen LogP contribution in [0, 0.1) is 22.7 Å². The number of fused-ring (bicyclic) bond motifs is 2. The van der Waals surface area contributed by atoms with Crippen molar-refractivity contribution >= 4 is 0 Å². The van der Waals surface area contributed by atoms with Crippen molar-refractivity contribution in [2.24, 2.45) is 22.7 Å². The molecule has 1 saturated carbocycles. The van der Waals surface area contributed by atoms with Crippen molar-refractivity contribution in [2.45, 2.75) is 58.2 Å². The van der Waals surface area contributed by atoms with E-state index in [1.54, 1.807) is 0 Å². The van der Waals surface area contributed by atoms with E-state index in [4.69, 9.17) is 4.74 Å². The predicted octanol–water partition coefficient (Wildman–Crippen LogP) is 3.47. The van der Waals surface area contributed by atoms with Gasteiger partial charge < -0.3 is 9.84 Å². The number of allylic oxidation sites excluding steroid dienone is 2. The Kier molecular flexibility index (Phi) is 2.47. The minimum Gasteiger partial charge on any atom is -0.392 e. The largest absolute Gasteiger partial charge is 0.392 e. The molecule has 4 aliphatic rings. The van der Waals surface area contributed by atoms with E-state index in [1.165, 1.54) is 24.8 Å². The van der Waals surface area contributed by atoms with Gasteiger partial charge in [-0.2, -0.15) is 0 Å². The lowest BCUT2D eigenvalue weighted by molar-refractivity contribution is -0.0529. The van der Waals surface area contributed by atoms with E-state index in [2.05, 4.69) is 39.0 Å². The summed E-state index contributed by atoms with van der Waals surface area (Å²) in [5.41, 5.74) is 1.29. The van der Waals surface area contributed by atoms with E-state index < -0.39 is 0 Å². The van der Waals surface area contributed by atoms with E-state index in [9.17, 15) is 5.11 Å². The summed E-state index contributed by atoms with van der Waals surface area (Å²) >= 11 is 0. The van der Waals surface area contributed by atoms with Crippen LogP contribution >= 0.6 is 0 Å². The van der Waals surface area contributed by atoms with Gasteiger partial charge in [0.1, 0.15) is 0 Å². The van der Waals surface area contributed by atoms with Gasteiger partial charge in [0.25, 0.3) is 0 Å². The molecule has 0 aromatic heterocycles. The maximum Gasteiger partial charge on any atom is 0.0761 e. The third-order valence-electron chi connectivity index (χ3n) is 6.66. The highest BCUT2D eigenvalue weighted by molar-refractivity contribution is 5.31. The van der Waals surface area contributed by atoms with Crippen LogP contribution < -0.4 is 0 Å². The Labute approximate surface area is 121 Å². The second-order valence-electron chi connectivity index (χ2n) is 8.29. The lowest BCUT2D eigenvalue weighted by Gasteiger charge is -2.48. The quantitative estimate of drug-likeness (QED) is 0.685. The Morgan fingerprint density at radius 1 is 1.35 bits per heavy atom. The highest BCUT2D eigenvalue weighted by atomic mass is 16.5. The van der Waals surface area contributed by atoms with Gasteiger partial charge in [0.15, 0.2) is 0 Å². The fourth-order valence-corrected chi connectivity index (χ4v) is 5.40. The summed E-state index contributed by atoms with van der Waals surface area (Å²) in [7, 11) is 0. The van der Waals surface area contributed by atoms with Crippen LogP contribution in [0.15, 0.2) is 23.8 Å². The third kappa shape index (κ3) is 1.42. The summed E-state index contributed by atoms with van der Waals surface area (Å²) in [6.07, 6.45) is 11.2. The molecular formula is C18H26O2. The van der Waals surface area contributed by atoms with Gasteiger partial charge in [0.05, 0.1) is 18.3 Å². The summed E-state index contributed by atoms with van der Waals surface area (Å²) in [4.78, 5) is 0. The van der Waals surface area contributed by atoms with Crippen LogP contribution in [-0.2, 0) is 4.74 Å². The van der Waals surface area contributed by atoms with Gasteiger partial charge in [0, 0.05) is 11.3 Å². The second kappa shape index (κ2) is 3.78. The van der Waals surface area contributed by atoms with E-state index in [0.29, 0.717) is 12.5 Å². The standard InChI is InChI=1S/C18H26O2/c1-12-9-14-17(7-4-6-16(2,3)15(17)19)11-20-18(14)8-5-13(12)10-18/h4,7,9,13-15,19H,5-6,8,10-11H2,1-3H3. The molecule has 5 atom stereocenters. The molecule has 0 aromatic rings. The van der Waals surface area contributed by atoms with Gasteiger partial charge in [-0.15, -0.1) is 0 Å². The molecule has 2 bridgehead atoms. The maximum atomic E-state index is 11.1. The van der Waals surface area contributed by atoms with Crippen LogP contribution in [-0.4, -0.2) is 23.4 Å². The molecule has 2 fully saturated rings. The number of hydrogen-bond acceptors (Lipinski definition) is 2. The zero-order chi connectivity index (χ0) is 14.2. The van der Waals surface area contributed by atoms with Crippen molar-refractivity contribution in [1.29, 1.82) is 0 Å². The summed E-state index contributed by atoms with van der Waals surface area (Å²) in [6.45, 7) is 7.33. The molecule has 2 nitrogen and oxygen atoms in total. The van der Waals surface area contributed by atoms with E-state index in [-0.39, 0.29) is 22.5 Å². The molecule has 2 heteroatoms. The molecule has 5 unspecified atom stereocenters. The van der Waals surface area contributed by atoms with Gasteiger partial charge in [-0.3, -0.25) is 0 Å². The van der Waals surface area contributed by atoms with Gasteiger partial charge in [-0.05, 0) is 43.9 Å². The van der Waals surface area contributed by atoms with Gasteiger partial charge in [0.2, 0.25) is 0 Å². The van der Waals surface area contributed by atoms with Crippen molar-refractivity contribution in [1.82, 2.24) is 0 Å². The predicted molar refractivity (Wildman–Crippen MR) is 79.2 cm³/mol. The number of hydrogen-bond donors (Lipinski definition) is 1. The molecule has 3 aliphatic carbocycles. The lowest BCUT2D eigenvalue weighted by atomic mass is 9.56. The van der Waals surface area contributed by atoms with Crippen molar-refractivity contribution in [3.8, 4) is 0 Å². The first-order valence-corrected chi connectivity index (χ1v) is 8.08. The fraction of sp³-hybridized carbons (Fsp3) is 0.778. The van der Waals surface area contributed by atoms with Crippen LogP contribution in [0.2, 0.25) is 0 Å². The Morgan fingerprint density at radius 3 is 2.95 bits per heavy atom. The second-order valence-corrected chi connectivity index (χ2v) is 8.29. The molecular weight excluding hydrogens is 248 g/mol. The third-order valence-corrected chi connectivity index (χ3v) is 6.66. The molecule has 1 saturated heterocycles. The Bertz CT molecular complexity index is 504. The van der Waals surface area contributed by atoms with Crippen molar-refractivity contribution in [3.05, 3.63) is 23.8 Å². The van der Waals surface area contributed by atoms with Crippen molar-refractivity contribution < 1.29 is 9.84 Å². The normalized spacial score (nSPS) is 52.2. The first-order chi connectivity index (χ1) is 9.40. The molecule has 0 aromatic carbocycles. The number of aliphatic hydroxyl groups is 1. The van der Waals surface area contributed by atoms with Crippen LogP contribution in [0.3, 0.4) is 0 Å². The van der Waals surface area contributed by atoms with Gasteiger partial charge in [-0.25, -0.2) is 0 Å². The Balaban J connectivity index is 1.83. The molecule has 4 rings (SSSR count). The summed E-state index contributed by atoms with van der Waals surface area (Å²) in [5, 5.41) is 11.1. The minimum atomic E-state index is -0.314. The Morgan fingerprint density at radius 2 is 2.15 bits per heavy atom. The molecule has 0 radical (unpaired) electrons. The fourth-order valence-electron chi connectivity index (χ4n) is 5.40. The van der Waals surface area contributed by atoms with Crippen molar-refractivity contribution in [3.63, 3.8) is 0 Å². The summed E-state index contributed by atoms with van der Waals surface area (Å²) in [6, 6.07) is 0. The van der Waals surface area contributed by atoms with Gasteiger partial charge in [-0.1, -0.05) is 37.6 Å². The SMILES string of the molecule is CC1=CC2C3(CCC1C3)OCC21C=CCC(C)(C)C1O.